The Balaban J connectivity index is 2.56. The summed E-state index contributed by atoms with van der Waals surface area (Å²) in [5.74, 6) is 0.760. The monoisotopic (exact) mass is 212 g/mol. The number of aromatic nitrogens is 1. The maximum absolute atomic E-state index is 8.57. The molecule has 68 valence electrons. The van der Waals surface area contributed by atoms with Crippen LogP contribution in [0.4, 0.5) is 0 Å². The molecule has 0 bridgehead atoms. The second-order valence-corrected chi connectivity index (χ2v) is 4.05. The van der Waals surface area contributed by atoms with E-state index in [1.54, 1.807) is 18.3 Å². The summed E-state index contributed by atoms with van der Waals surface area (Å²) in [5.41, 5.74) is 0. The lowest BCUT2D eigenvalue weighted by Gasteiger charge is -2.02. The molecule has 0 aliphatic rings. The van der Waals surface area contributed by atoms with Gasteiger partial charge in [-0.3, -0.25) is 0 Å². The van der Waals surface area contributed by atoms with Crippen LogP contribution in [0.2, 0.25) is 5.02 Å². The number of hydrogen-bond acceptors (Lipinski definition) is 3. The minimum Gasteiger partial charge on any atom is -0.248 e. The molecule has 0 radical (unpaired) electrons. The summed E-state index contributed by atoms with van der Waals surface area (Å²) in [5, 5.41) is 10.0. The fourth-order valence-corrected chi connectivity index (χ4v) is 1.83. The smallest absolute Gasteiger partial charge is 0.115 e. The number of pyridine rings is 1. The molecule has 0 fully saturated rings. The van der Waals surface area contributed by atoms with Crippen LogP contribution in [-0.2, 0) is 0 Å². The van der Waals surface area contributed by atoms with Crippen LogP contribution >= 0.6 is 23.4 Å². The maximum Gasteiger partial charge on any atom is 0.115 e. The van der Waals surface area contributed by atoms with E-state index in [1.165, 1.54) is 11.8 Å². The number of rotatable bonds is 3. The molecule has 0 saturated heterocycles. The molecule has 0 aromatic carbocycles. The van der Waals surface area contributed by atoms with E-state index in [9.17, 15) is 0 Å². The van der Waals surface area contributed by atoms with Crippen molar-refractivity contribution in [2.24, 2.45) is 5.92 Å². The molecule has 0 aliphatic heterocycles. The zero-order valence-electron chi connectivity index (χ0n) is 7.20. The summed E-state index contributed by atoms with van der Waals surface area (Å²) in [6, 6.07) is 5.75. The summed E-state index contributed by atoms with van der Waals surface area (Å²) in [4.78, 5) is 4.11. The zero-order chi connectivity index (χ0) is 9.68. The average molecular weight is 213 g/mol. The van der Waals surface area contributed by atoms with Gasteiger partial charge in [-0.1, -0.05) is 11.6 Å². The highest BCUT2D eigenvalue weighted by atomic mass is 35.5. The Bertz CT molecular complexity index is 322. The Hall–Kier alpha value is -0.720. The van der Waals surface area contributed by atoms with Crippen molar-refractivity contribution < 1.29 is 0 Å². The second-order valence-electron chi connectivity index (χ2n) is 2.63. The molecular weight excluding hydrogens is 204 g/mol. The predicted octanol–water partition coefficient (Wildman–Crippen LogP) is 2.99. The third kappa shape index (κ3) is 3.25. The maximum atomic E-state index is 8.57. The molecule has 4 heteroatoms. The van der Waals surface area contributed by atoms with Gasteiger partial charge in [-0.05, 0) is 19.1 Å². The van der Waals surface area contributed by atoms with Gasteiger partial charge in [0.15, 0.2) is 0 Å². The van der Waals surface area contributed by atoms with Gasteiger partial charge in [0, 0.05) is 11.9 Å². The first-order valence-corrected chi connectivity index (χ1v) is 5.23. The Morgan fingerprint density at radius 1 is 1.77 bits per heavy atom. The first-order chi connectivity index (χ1) is 6.24. The molecule has 1 aromatic heterocycles. The highest BCUT2D eigenvalue weighted by Gasteiger charge is 2.04. The summed E-state index contributed by atoms with van der Waals surface area (Å²) >= 11 is 7.40. The lowest BCUT2D eigenvalue weighted by Crippen LogP contribution is -1.94. The van der Waals surface area contributed by atoms with Crippen LogP contribution in [0.3, 0.4) is 0 Å². The molecule has 1 atom stereocenters. The highest BCUT2D eigenvalue weighted by molar-refractivity contribution is 7.99. The molecular formula is C9H9ClN2S. The van der Waals surface area contributed by atoms with Gasteiger partial charge < -0.3 is 0 Å². The number of halogens is 1. The van der Waals surface area contributed by atoms with Crippen molar-refractivity contribution in [1.29, 1.82) is 5.26 Å². The molecule has 0 spiro atoms. The number of thioether (sulfide) groups is 1. The van der Waals surface area contributed by atoms with E-state index < -0.39 is 0 Å². The van der Waals surface area contributed by atoms with Crippen LogP contribution < -0.4 is 0 Å². The van der Waals surface area contributed by atoms with Crippen molar-refractivity contribution in [3.05, 3.63) is 23.4 Å². The molecule has 0 amide bonds. The van der Waals surface area contributed by atoms with E-state index in [1.807, 2.05) is 6.92 Å². The van der Waals surface area contributed by atoms with E-state index in [2.05, 4.69) is 11.1 Å². The van der Waals surface area contributed by atoms with E-state index >= 15 is 0 Å². The summed E-state index contributed by atoms with van der Waals surface area (Å²) in [6.07, 6.45) is 1.70. The van der Waals surface area contributed by atoms with E-state index in [-0.39, 0.29) is 5.92 Å². The largest absolute Gasteiger partial charge is 0.248 e. The first kappa shape index (κ1) is 10.4. The average Bonchev–Trinajstić information content (AvgIpc) is 2.16. The molecule has 2 nitrogen and oxygen atoms in total. The third-order valence-corrected chi connectivity index (χ3v) is 3.10. The van der Waals surface area contributed by atoms with Gasteiger partial charge in [0.25, 0.3) is 0 Å². The zero-order valence-corrected chi connectivity index (χ0v) is 8.77. The van der Waals surface area contributed by atoms with Crippen LogP contribution in [0.15, 0.2) is 23.4 Å². The number of hydrogen-bond donors (Lipinski definition) is 0. The second kappa shape index (κ2) is 5.11. The summed E-state index contributed by atoms with van der Waals surface area (Å²) in [6.45, 7) is 1.88. The Morgan fingerprint density at radius 3 is 3.15 bits per heavy atom. The van der Waals surface area contributed by atoms with Crippen LogP contribution in [0.1, 0.15) is 6.92 Å². The molecule has 1 unspecified atom stereocenters. The van der Waals surface area contributed by atoms with Gasteiger partial charge in [0.1, 0.15) is 5.03 Å². The molecule has 0 saturated carbocycles. The molecule has 1 rings (SSSR count). The van der Waals surface area contributed by atoms with Crippen molar-refractivity contribution in [1.82, 2.24) is 4.98 Å². The fourth-order valence-electron chi connectivity index (χ4n) is 0.719. The predicted molar refractivity (Wildman–Crippen MR) is 54.7 cm³/mol. The van der Waals surface area contributed by atoms with Crippen molar-refractivity contribution in [3.8, 4) is 6.07 Å². The van der Waals surface area contributed by atoms with Gasteiger partial charge in [0.2, 0.25) is 0 Å². The number of nitrogens with zero attached hydrogens (tertiary/aromatic N) is 2. The van der Waals surface area contributed by atoms with Gasteiger partial charge in [-0.15, -0.1) is 11.8 Å². The molecule has 1 aromatic rings. The summed E-state index contributed by atoms with van der Waals surface area (Å²) in [7, 11) is 0. The summed E-state index contributed by atoms with van der Waals surface area (Å²) < 4.78 is 0. The van der Waals surface area contributed by atoms with E-state index in [0.29, 0.717) is 5.02 Å². The standard InChI is InChI=1S/C9H9ClN2S/c1-7(5-11)6-13-9-8(10)3-2-4-12-9/h2-4,7H,6H2,1H3. The Labute approximate surface area is 86.9 Å². The Morgan fingerprint density at radius 2 is 2.54 bits per heavy atom. The molecule has 0 N–H and O–H groups in total. The fraction of sp³-hybridized carbons (Fsp3) is 0.333. The van der Waals surface area contributed by atoms with Gasteiger partial charge in [0.05, 0.1) is 17.0 Å². The van der Waals surface area contributed by atoms with E-state index in [4.69, 9.17) is 16.9 Å². The first-order valence-electron chi connectivity index (χ1n) is 3.87. The van der Waals surface area contributed by atoms with Gasteiger partial charge in [-0.25, -0.2) is 4.98 Å². The van der Waals surface area contributed by atoms with Gasteiger partial charge >= 0.3 is 0 Å². The topological polar surface area (TPSA) is 36.7 Å². The lowest BCUT2D eigenvalue weighted by atomic mass is 10.3. The number of nitriles is 1. The van der Waals surface area contributed by atoms with Crippen molar-refractivity contribution in [3.63, 3.8) is 0 Å². The van der Waals surface area contributed by atoms with Crippen molar-refractivity contribution in [2.75, 3.05) is 5.75 Å². The Kier molecular flexibility index (Phi) is 4.07. The van der Waals surface area contributed by atoms with Crippen LogP contribution in [0, 0.1) is 17.2 Å². The normalized spacial score (nSPS) is 12.1. The van der Waals surface area contributed by atoms with Crippen LogP contribution in [-0.4, -0.2) is 10.7 Å². The van der Waals surface area contributed by atoms with Gasteiger partial charge in [-0.2, -0.15) is 5.26 Å². The molecule has 0 aliphatic carbocycles. The minimum absolute atomic E-state index is 0.0306. The van der Waals surface area contributed by atoms with Crippen LogP contribution in [0.25, 0.3) is 0 Å². The van der Waals surface area contributed by atoms with Crippen molar-refractivity contribution in [2.45, 2.75) is 11.9 Å². The highest BCUT2D eigenvalue weighted by Crippen LogP contribution is 2.25. The lowest BCUT2D eigenvalue weighted by molar-refractivity contribution is 0.862. The van der Waals surface area contributed by atoms with Crippen LogP contribution in [0.5, 0.6) is 0 Å². The molecule has 13 heavy (non-hydrogen) atoms. The van der Waals surface area contributed by atoms with E-state index in [0.717, 1.165) is 10.8 Å². The molecule has 1 heterocycles. The van der Waals surface area contributed by atoms with Crippen molar-refractivity contribution >= 4 is 23.4 Å². The quantitative estimate of drug-likeness (QED) is 0.723. The minimum atomic E-state index is 0.0306. The SMILES string of the molecule is CC(C#N)CSc1ncccc1Cl. The third-order valence-electron chi connectivity index (χ3n) is 1.42.